The van der Waals surface area contributed by atoms with Gasteiger partial charge >= 0.3 is 11.9 Å². The number of amides is 1. The van der Waals surface area contributed by atoms with Crippen LogP contribution in [0.25, 0.3) is 11.3 Å². The quantitative estimate of drug-likeness (QED) is 0.190. The van der Waals surface area contributed by atoms with E-state index in [9.17, 15) is 24.6 Å². The first-order chi connectivity index (χ1) is 20.2. The fourth-order valence-electron chi connectivity index (χ4n) is 4.82. The summed E-state index contributed by atoms with van der Waals surface area (Å²) < 4.78 is 11.5. The molecule has 214 valence electrons. The monoisotopic (exact) mass is 586 g/mol. The Balaban J connectivity index is 1.44. The number of carboxylic acids is 2. The molecule has 1 aliphatic rings. The number of ether oxygens (including phenoxy) is 1. The van der Waals surface area contributed by atoms with E-state index in [1.807, 2.05) is 23.1 Å². The second-order valence-corrected chi connectivity index (χ2v) is 9.82. The van der Waals surface area contributed by atoms with Gasteiger partial charge in [0, 0.05) is 24.7 Å². The maximum absolute atomic E-state index is 12.9. The molecule has 0 radical (unpaired) electrons. The molecule has 3 heterocycles. The van der Waals surface area contributed by atoms with Crippen molar-refractivity contribution in [2.45, 2.75) is 18.5 Å². The molecule has 1 aliphatic heterocycles. The number of nitrogens with zero attached hydrogens (tertiary/aromatic N) is 2. The highest BCUT2D eigenvalue weighted by molar-refractivity contribution is 7.80. The van der Waals surface area contributed by atoms with Gasteiger partial charge in [-0.15, -0.1) is 0 Å². The molecule has 12 heteroatoms. The smallest absolute Gasteiger partial charge is 0.335 e. The molecule has 2 atom stereocenters. The summed E-state index contributed by atoms with van der Waals surface area (Å²) in [6.07, 6.45) is 1.76. The van der Waals surface area contributed by atoms with Crippen LogP contribution in [-0.2, 0) is 4.79 Å². The lowest BCUT2D eigenvalue weighted by atomic mass is 10.0. The minimum atomic E-state index is -1.26. The van der Waals surface area contributed by atoms with Crippen LogP contribution in [0.5, 0.6) is 5.75 Å². The lowest BCUT2D eigenvalue weighted by Crippen LogP contribution is -2.32. The molecule has 2 aromatic carbocycles. The van der Waals surface area contributed by atoms with E-state index in [0.717, 1.165) is 6.07 Å². The molecule has 2 unspecified atom stereocenters. The van der Waals surface area contributed by atoms with Gasteiger partial charge in [-0.1, -0.05) is 18.2 Å². The highest BCUT2D eigenvalue weighted by Crippen LogP contribution is 2.40. The van der Waals surface area contributed by atoms with Crippen LogP contribution in [0, 0.1) is 0 Å². The Hall–Kier alpha value is -5.23. The Morgan fingerprint density at radius 2 is 1.74 bits per heavy atom. The summed E-state index contributed by atoms with van der Waals surface area (Å²) in [6.45, 7) is 0.245. The predicted octanol–water partition coefficient (Wildman–Crippen LogP) is 4.75. The first kappa shape index (κ1) is 28.3. The number of benzene rings is 2. The average Bonchev–Trinajstić information content (AvgIpc) is 3.61. The Labute approximate surface area is 245 Å². The number of pyridine rings is 1. The zero-order valence-electron chi connectivity index (χ0n) is 22.3. The number of carbonyl (C=O) groups excluding carboxylic acids is 1. The molecule has 4 aromatic rings. The second-order valence-electron chi connectivity index (χ2n) is 9.43. The Morgan fingerprint density at radius 3 is 2.40 bits per heavy atom. The first-order valence-corrected chi connectivity index (χ1v) is 13.3. The van der Waals surface area contributed by atoms with Crippen LogP contribution >= 0.6 is 12.2 Å². The van der Waals surface area contributed by atoms with Crippen LogP contribution < -0.4 is 15.4 Å². The van der Waals surface area contributed by atoms with Gasteiger partial charge in [-0.3, -0.25) is 9.78 Å². The third kappa shape index (κ3) is 5.93. The fourth-order valence-corrected chi connectivity index (χ4v) is 5.15. The Bertz CT molecular complexity index is 1620. The zero-order chi connectivity index (χ0) is 29.8. The lowest BCUT2D eigenvalue weighted by molar-refractivity contribution is -0.116. The van der Waals surface area contributed by atoms with Crippen molar-refractivity contribution < 1.29 is 33.8 Å². The van der Waals surface area contributed by atoms with E-state index in [4.69, 9.17) is 21.4 Å². The molecule has 42 heavy (non-hydrogen) atoms. The number of nitrogens with one attached hydrogen (secondary N) is 2. The van der Waals surface area contributed by atoms with Crippen molar-refractivity contribution in [2.24, 2.45) is 0 Å². The zero-order valence-corrected chi connectivity index (χ0v) is 23.1. The number of rotatable bonds is 10. The highest BCUT2D eigenvalue weighted by Gasteiger charge is 2.41. The van der Waals surface area contributed by atoms with Crippen molar-refractivity contribution in [3.8, 4) is 17.1 Å². The Morgan fingerprint density at radius 1 is 1.02 bits per heavy atom. The normalized spacial score (nSPS) is 16.1. The van der Waals surface area contributed by atoms with Crippen molar-refractivity contribution in [1.82, 2.24) is 15.2 Å². The third-order valence-corrected chi connectivity index (χ3v) is 7.14. The van der Waals surface area contributed by atoms with E-state index in [1.54, 1.807) is 42.6 Å². The lowest BCUT2D eigenvalue weighted by Gasteiger charge is -2.26. The number of hydrogen-bond donors (Lipinski definition) is 4. The number of carbonyl (C=O) groups is 3. The predicted molar refractivity (Wildman–Crippen MR) is 156 cm³/mol. The summed E-state index contributed by atoms with van der Waals surface area (Å²) in [4.78, 5) is 42.5. The molecular formula is C30H26N4O7S. The van der Waals surface area contributed by atoms with Crippen LogP contribution in [0.4, 0.5) is 5.69 Å². The number of anilines is 1. The SMILES string of the molecule is COc1ccccc1NC(=O)CCN1C(=S)NC(c2ccccn2)C1c1ccc(-c2cc(C(=O)O)cc(C(=O)O)c2)o1. The van der Waals surface area contributed by atoms with Crippen LogP contribution in [0.15, 0.2) is 83.4 Å². The summed E-state index contributed by atoms with van der Waals surface area (Å²) in [5.41, 5.74) is 1.19. The average molecular weight is 587 g/mol. The molecule has 0 spiro atoms. The topological polar surface area (TPSA) is 154 Å². The van der Waals surface area contributed by atoms with Gasteiger partial charge in [0.15, 0.2) is 5.11 Å². The highest BCUT2D eigenvalue weighted by atomic mass is 32.1. The minimum Gasteiger partial charge on any atom is -0.495 e. The summed E-state index contributed by atoms with van der Waals surface area (Å²) >= 11 is 5.67. The van der Waals surface area contributed by atoms with Crippen molar-refractivity contribution in [3.05, 3.63) is 102 Å². The maximum atomic E-state index is 12.9. The number of carboxylic acid groups (broad SMARTS) is 2. The summed E-state index contributed by atoms with van der Waals surface area (Å²) in [6, 6.07) is 18.8. The summed E-state index contributed by atoms with van der Waals surface area (Å²) in [5.74, 6) is -1.47. The molecule has 4 N–H and O–H groups in total. The van der Waals surface area contributed by atoms with E-state index < -0.39 is 24.0 Å². The number of aromatic nitrogens is 1. The molecule has 11 nitrogen and oxygen atoms in total. The molecule has 2 aromatic heterocycles. The summed E-state index contributed by atoms with van der Waals surface area (Å²) in [7, 11) is 1.53. The molecular weight excluding hydrogens is 560 g/mol. The third-order valence-electron chi connectivity index (χ3n) is 6.79. The molecule has 1 saturated heterocycles. The van der Waals surface area contributed by atoms with E-state index in [1.165, 1.54) is 19.2 Å². The van der Waals surface area contributed by atoms with Crippen LogP contribution in [0.1, 0.15) is 50.7 Å². The standard InChI is InChI=1S/C30H26N4O7S/c1-40-23-8-3-2-6-20(23)32-25(35)11-13-34-27(26(33-30(34)42)21-7-4-5-12-31-21)24-10-9-22(41-24)17-14-18(28(36)37)16-19(15-17)29(38)39/h2-10,12,14-16,26-27H,11,13H2,1H3,(H,32,35)(H,33,42)(H,36,37)(H,38,39). The van der Waals surface area contributed by atoms with Crippen LogP contribution in [0.3, 0.4) is 0 Å². The minimum absolute atomic E-state index is 0.0987. The van der Waals surface area contributed by atoms with Crippen molar-refractivity contribution in [1.29, 1.82) is 0 Å². The molecule has 0 aliphatic carbocycles. The number of hydrogen-bond acceptors (Lipinski definition) is 7. The van der Waals surface area contributed by atoms with Gasteiger partial charge in [-0.25, -0.2) is 9.59 Å². The molecule has 1 fully saturated rings. The fraction of sp³-hybridized carbons (Fsp3) is 0.167. The van der Waals surface area contributed by atoms with Crippen LogP contribution in [0.2, 0.25) is 0 Å². The molecule has 5 rings (SSSR count). The maximum Gasteiger partial charge on any atom is 0.335 e. The molecule has 1 amide bonds. The number of aromatic carboxylic acids is 2. The Kier molecular flexibility index (Phi) is 8.16. The molecule has 0 bridgehead atoms. The van der Waals surface area contributed by atoms with Gasteiger partial charge in [0.1, 0.15) is 23.3 Å². The van der Waals surface area contributed by atoms with Crippen molar-refractivity contribution in [3.63, 3.8) is 0 Å². The second kappa shape index (κ2) is 12.1. The van der Waals surface area contributed by atoms with E-state index in [2.05, 4.69) is 15.6 Å². The van der Waals surface area contributed by atoms with Crippen molar-refractivity contribution in [2.75, 3.05) is 19.0 Å². The van der Waals surface area contributed by atoms with E-state index >= 15 is 0 Å². The van der Waals surface area contributed by atoms with Gasteiger partial charge < -0.3 is 34.9 Å². The van der Waals surface area contributed by atoms with Crippen LogP contribution in [-0.4, -0.2) is 56.7 Å². The van der Waals surface area contributed by atoms with Gasteiger partial charge in [0.25, 0.3) is 0 Å². The van der Waals surface area contributed by atoms with Gasteiger partial charge in [0.05, 0.1) is 35.7 Å². The largest absolute Gasteiger partial charge is 0.495 e. The van der Waals surface area contributed by atoms with Gasteiger partial charge in [-0.2, -0.15) is 0 Å². The number of thiocarbonyl (C=S) groups is 1. The molecule has 0 saturated carbocycles. The number of para-hydroxylation sites is 2. The number of methoxy groups -OCH3 is 1. The first-order valence-electron chi connectivity index (χ1n) is 12.9. The number of furan rings is 1. The van der Waals surface area contributed by atoms with Crippen molar-refractivity contribution >= 4 is 40.9 Å². The summed E-state index contributed by atoms with van der Waals surface area (Å²) in [5, 5.41) is 25.5. The van der Waals surface area contributed by atoms with E-state index in [0.29, 0.717) is 33.6 Å². The van der Waals surface area contributed by atoms with Gasteiger partial charge in [0.2, 0.25) is 5.91 Å². The van der Waals surface area contributed by atoms with Gasteiger partial charge in [-0.05, 0) is 66.8 Å². The van der Waals surface area contributed by atoms with E-state index in [-0.39, 0.29) is 35.8 Å².